The van der Waals surface area contributed by atoms with Gasteiger partial charge in [-0.15, -0.1) is 10.2 Å². The van der Waals surface area contributed by atoms with Gasteiger partial charge in [-0.05, 0) is 29.8 Å². The van der Waals surface area contributed by atoms with E-state index in [1.807, 2.05) is 0 Å². The highest BCUT2D eigenvalue weighted by Gasteiger charge is 2.11. The van der Waals surface area contributed by atoms with E-state index in [4.69, 9.17) is 11.6 Å². The topological polar surface area (TPSA) is 54.5 Å². The maximum atomic E-state index is 13.4. The van der Waals surface area contributed by atoms with E-state index in [1.165, 1.54) is 6.07 Å². The third-order valence-corrected chi connectivity index (χ3v) is 2.24. The number of nitrogens with zero attached hydrogens (tertiary/aromatic N) is 3. The van der Waals surface area contributed by atoms with Crippen molar-refractivity contribution < 1.29 is 4.39 Å². The molecule has 0 aliphatic carbocycles. The number of hydrogen-bond donors (Lipinski definition) is 1. The molecule has 0 saturated carbocycles. The predicted molar refractivity (Wildman–Crippen MR) is 49.3 cm³/mol. The fourth-order valence-electron chi connectivity index (χ4n) is 1.10. The van der Waals surface area contributed by atoms with Gasteiger partial charge in [-0.3, -0.25) is 0 Å². The maximum Gasteiger partial charge on any atom is 0.207 e. The van der Waals surface area contributed by atoms with Crippen molar-refractivity contribution in [1.29, 1.82) is 0 Å². The molecule has 1 aromatic carbocycles. The zero-order valence-electron chi connectivity index (χ0n) is 7.25. The minimum atomic E-state index is -0.456. The number of tetrazole rings is 1. The van der Waals surface area contributed by atoms with E-state index < -0.39 is 5.82 Å². The van der Waals surface area contributed by atoms with E-state index in [-0.39, 0.29) is 5.82 Å². The van der Waals surface area contributed by atoms with Gasteiger partial charge in [0.1, 0.15) is 5.82 Å². The third kappa shape index (κ3) is 1.46. The lowest BCUT2D eigenvalue weighted by molar-refractivity contribution is 0.629. The summed E-state index contributed by atoms with van der Waals surface area (Å²) in [6.45, 7) is 1.78. The number of benzene rings is 1. The molecule has 14 heavy (non-hydrogen) atoms. The summed E-state index contributed by atoms with van der Waals surface area (Å²) in [5.74, 6) is -0.232. The van der Waals surface area contributed by atoms with Crippen molar-refractivity contribution in [2.75, 3.05) is 0 Å². The molecule has 0 aliphatic heterocycles. The van der Waals surface area contributed by atoms with Gasteiger partial charge in [-0.2, -0.15) is 5.21 Å². The van der Waals surface area contributed by atoms with Gasteiger partial charge in [0.25, 0.3) is 0 Å². The van der Waals surface area contributed by atoms with Crippen LogP contribution in [0.4, 0.5) is 4.39 Å². The molecule has 0 bridgehead atoms. The first-order valence-corrected chi connectivity index (χ1v) is 4.26. The minimum absolute atomic E-state index is 0.224. The number of H-pyrrole nitrogens is 1. The van der Waals surface area contributed by atoms with E-state index in [1.54, 1.807) is 13.0 Å². The Hall–Kier alpha value is -1.49. The van der Waals surface area contributed by atoms with Gasteiger partial charge < -0.3 is 0 Å². The Labute approximate surface area is 84.1 Å². The van der Waals surface area contributed by atoms with Crippen LogP contribution in [-0.2, 0) is 0 Å². The first kappa shape index (κ1) is 9.08. The van der Waals surface area contributed by atoms with Gasteiger partial charge in [-0.1, -0.05) is 11.6 Å². The molecule has 2 aromatic rings. The summed E-state index contributed by atoms with van der Waals surface area (Å²) >= 11 is 5.74. The molecule has 6 heteroatoms. The second kappa shape index (κ2) is 3.34. The summed E-state index contributed by atoms with van der Waals surface area (Å²) in [6, 6.07) is 2.82. The van der Waals surface area contributed by atoms with Crippen LogP contribution in [0, 0.1) is 12.7 Å². The normalized spacial score (nSPS) is 10.5. The van der Waals surface area contributed by atoms with Gasteiger partial charge >= 0.3 is 0 Å². The molecule has 0 fully saturated rings. The Morgan fingerprint density at radius 3 is 2.86 bits per heavy atom. The summed E-state index contributed by atoms with van der Waals surface area (Å²) in [7, 11) is 0. The molecule has 1 aromatic heterocycles. The Morgan fingerprint density at radius 2 is 2.21 bits per heavy atom. The third-order valence-electron chi connectivity index (χ3n) is 1.83. The van der Waals surface area contributed by atoms with Gasteiger partial charge in [-0.25, -0.2) is 4.39 Å². The van der Waals surface area contributed by atoms with E-state index in [9.17, 15) is 4.39 Å². The van der Waals surface area contributed by atoms with E-state index in [0.717, 1.165) is 5.56 Å². The molecule has 0 radical (unpaired) electrons. The molecule has 0 amide bonds. The summed E-state index contributed by atoms with van der Waals surface area (Å²) in [4.78, 5) is 0. The number of halogens is 2. The number of hydrogen-bond acceptors (Lipinski definition) is 3. The predicted octanol–water partition coefficient (Wildman–Crippen LogP) is 1.97. The van der Waals surface area contributed by atoms with Crippen LogP contribution in [0.3, 0.4) is 0 Å². The van der Waals surface area contributed by atoms with Crippen LogP contribution in [0.15, 0.2) is 12.1 Å². The molecule has 0 saturated heterocycles. The van der Waals surface area contributed by atoms with Crippen LogP contribution in [0.25, 0.3) is 11.4 Å². The first-order valence-electron chi connectivity index (χ1n) is 3.88. The quantitative estimate of drug-likeness (QED) is 0.786. The minimum Gasteiger partial charge on any atom is -0.206 e. The number of aryl methyl sites for hydroxylation is 1. The van der Waals surface area contributed by atoms with E-state index >= 15 is 0 Å². The second-order valence-corrected chi connectivity index (χ2v) is 3.22. The SMILES string of the molecule is Cc1cc(-c2nn[nH]n2)c(F)cc1Cl. The van der Waals surface area contributed by atoms with Crippen molar-refractivity contribution in [3.63, 3.8) is 0 Å². The summed E-state index contributed by atoms with van der Waals surface area (Å²) < 4.78 is 13.4. The monoisotopic (exact) mass is 212 g/mol. The molecule has 0 spiro atoms. The smallest absolute Gasteiger partial charge is 0.206 e. The second-order valence-electron chi connectivity index (χ2n) is 2.82. The molecule has 0 aliphatic rings. The van der Waals surface area contributed by atoms with Crippen LogP contribution in [0.1, 0.15) is 5.56 Å². The Bertz CT molecular complexity index is 455. The summed E-state index contributed by atoms with van der Waals surface area (Å²) in [5.41, 5.74) is 1.06. The molecule has 0 unspecified atom stereocenters. The largest absolute Gasteiger partial charge is 0.207 e. The fourth-order valence-corrected chi connectivity index (χ4v) is 1.25. The molecular formula is C8H6ClFN4. The Balaban J connectivity index is 2.60. The van der Waals surface area contributed by atoms with Crippen LogP contribution in [0.2, 0.25) is 5.02 Å². The molecule has 1 heterocycles. The lowest BCUT2D eigenvalue weighted by atomic mass is 10.1. The standard InChI is InChI=1S/C8H6ClFN4/c1-4-2-5(7(10)3-6(4)9)8-11-13-14-12-8/h2-3H,1H3,(H,11,12,13,14). The Kier molecular flexibility index (Phi) is 2.17. The zero-order valence-corrected chi connectivity index (χ0v) is 8.01. The van der Waals surface area contributed by atoms with Crippen LogP contribution in [-0.4, -0.2) is 20.6 Å². The highest BCUT2D eigenvalue weighted by molar-refractivity contribution is 6.31. The van der Waals surface area contributed by atoms with Crippen molar-refractivity contribution in [2.45, 2.75) is 6.92 Å². The van der Waals surface area contributed by atoms with Gasteiger partial charge in [0.05, 0.1) is 5.56 Å². The van der Waals surface area contributed by atoms with Crippen LogP contribution >= 0.6 is 11.6 Å². The van der Waals surface area contributed by atoms with Crippen molar-refractivity contribution in [3.05, 3.63) is 28.5 Å². The summed E-state index contributed by atoms with van der Waals surface area (Å²) in [5, 5.41) is 13.4. The number of rotatable bonds is 1. The van der Waals surface area contributed by atoms with E-state index in [0.29, 0.717) is 10.6 Å². The first-order chi connectivity index (χ1) is 6.68. The average Bonchev–Trinajstić information content (AvgIpc) is 2.64. The lowest BCUT2D eigenvalue weighted by Crippen LogP contribution is -1.89. The fraction of sp³-hybridized carbons (Fsp3) is 0.125. The number of aromatic nitrogens is 4. The molecule has 72 valence electrons. The van der Waals surface area contributed by atoms with Gasteiger partial charge in [0.2, 0.25) is 5.82 Å². The van der Waals surface area contributed by atoms with E-state index in [2.05, 4.69) is 20.6 Å². The molecule has 1 N–H and O–H groups in total. The van der Waals surface area contributed by atoms with Gasteiger partial charge in [0, 0.05) is 5.02 Å². The van der Waals surface area contributed by atoms with Gasteiger partial charge in [0.15, 0.2) is 0 Å². The van der Waals surface area contributed by atoms with Crippen molar-refractivity contribution in [2.24, 2.45) is 0 Å². The summed E-state index contributed by atoms with van der Waals surface area (Å²) in [6.07, 6.45) is 0. The lowest BCUT2D eigenvalue weighted by Gasteiger charge is -2.01. The maximum absolute atomic E-state index is 13.4. The van der Waals surface area contributed by atoms with Crippen LogP contribution < -0.4 is 0 Å². The highest BCUT2D eigenvalue weighted by Crippen LogP contribution is 2.25. The number of nitrogens with one attached hydrogen (secondary N) is 1. The molecular weight excluding hydrogens is 207 g/mol. The average molecular weight is 213 g/mol. The van der Waals surface area contributed by atoms with Crippen molar-refractivity contribution in [3.8, 4) is 11.4 Å². The number of aromatic amines is 1. The Morgan fingerprint density at radius 1 is 1.43 bits per heavy atom. The molecule has 4 nitrogen and oxygen atoms in total. The molecule has 0 atom stereocenters. The van der Waals surface area contributed by atoms with Crippen molar-refractivity contribution >= 4 is 11.6 Å². The zero-order chi connectivity index (χ0) is 10.1. The van der Waals surface area contributed by atoms with Crippen molar-refractivity contribution in [1.82, 2.24) is 20.6 Å². The molecule has 2 rings (SSSR count). The highest BCUT2D eigenvalue weighted by atomic mass is 35.5. The van der Waals surface area contributed by atoms with Crippen LogP contribution in [0.5, 0.6) is 0 Å².